The van der Waals surface area contributed by atoms with E-state index in [0.717, 1.165) is 59.6 Å². The van der Waals surface area contributed by atoms with Gasteiger partial charge in [0, 0.05) is 46.6 Å². The van der Waals surface area contributed by atoms with Crippen molar-refractivity contribution in [3.8, 4) is 33.0 Å². The first-order valence-corrected chi connectivity index (χ1v) is 15.3. The van der Waals surface area contributed by atoms with E-state index in [4.69, 9.17) is 21.3 Å². The predicted molar refractivity (Wildman–Crippen MR) is 177 cm³/mol. The average Bonchev–Trinajstić information content (AvgIpc) is 3.41. The normalized spacial score (nSPS) is 12.6. The maximum Gasteiger partial charge on any atom is 0.337 e. The van der Waals surface area contributed by atoms with Crippen LogP contribution >= 0.6 is 22.9 Å². The van der Waals surface area contributed by atoms with Gasteiger partial charge in [-0.3, -0.25) is 9.78 Å². The molecule has 44 heavy (non-hydrogen) atoms. The molecule has 0 saturated heterocycles. The van der Waals surface area contributed by atoms with E-state index in [-0.39, 0.29) is 5.56 Å². The Kier molecular flexibility index (Phi) is 7.61. The number of thiazole rings is 1. The zero-order valence-electron chi connectivity index (χ0n) is 24.9. The maximum atomic E-state index is 12.6. The molecule has 6 aromatic rings. The molecular weight excluding hydrogens is 594 g/mol. The van der Waals surface area contributed by atoms with Crippen LogP contribution < -0.4 is 5.56 Å². The molecule has 3 aromatic heterocycles. The number of aryl methyl sites for hydroxylation is 2. The largest absolute Gasteiger partial charge is 0.479 e. The molecular formula is C35H30ClN3O4S. The summed E-state index contributed by atoms with van der Waals surface area (Å²) in [4.78, 5) is 34.3. The Morgan fingerprint density at radius 3 is 2.41 bits per heavy atom. The van der Waals surface area contributed by atoms with Crippen molar-refractivity contribution >= 4 is 50.0 Å². The molecule has 0 saturated carbocycles. The van der Waals surface area contributed by atoms with E-state index in [1.54, 1.807) is 36.0 Å². The molecule has 0 aliphatic carbocycles. The van der Waals surface area contributed by atoms with Crippen molar-refractivity contribution in [2.75, 3.05) is 0 Å². The van der Waals surface area contributed by atoms with Crippen molar-refractivity contribution in [1.29, 1.82) is 0 Å². The Bertz CT molecular complexity index is 2130. The minimum absolute atomic E-state index is 0.0581. The van der Waals surface area contributed by atoms with E-state index < -0.39 is 17.7 Å². The Balaban J connectivity index is 1.52. The van der Waals surface area contributed by atoms with E-state index in [2.05, 4.69) is 4.98 Å². The Hall–Kier alpha value is -4.37. The number of hydrogen-bond donors (Lipinski definition) is 1. The molecule has 0 fully saturated rings. The van der Waals surface area contributed by atoms with Crippen molar-refractivity contribution in [3.63, 3.8) is 0 Å². The van der Waals surface area contributed by atoms with Crippen molar-refractivity contribution in [2.24, 2.45) is 7.05 Å². The molecule has 1 unspecified atom stereocenters. The summed E-state index contributed by atoms with van der Waals surface area (Å²) in [5.41, 5.74) is 6.42. The fourth-order valence-corrected chi connectivity index (χ4v) is 6.68. The number of fused-ring (bicyclic) bond motifs is 2. The average molecular weight is 624 g/mol. The summed E-state index contributed by atoms with van der Waals surface area (Å²) in [7, 11) is 1.76. The maximum absolute atomic E-state index is 12.6. The van der Waals surface area contributed by atoms with Crippen molar-refractivity contribution in [2.45, 2.75) is 39.4 Å². The molecule has 0 aliphatic heterocycles. The van der Waals surface area contributed by atoms with Crippen LogP contribution in [0.5, 0.6) is 0 Å². The molecule has 1 N–H and O–H groups in total. The Labute approximate surface area is 263 Å². The third-order valence-electron chi connectivity index (χ3n) is 7.45. The van der Waals surface area contributed by atoms with Gasteiger partial charge in [-0.25, -0.2) is 9.78 Å². The van der Waals surface area contributed by atoms with Crippen molar-refractivity contribution in [3.05, 3.63) is 105 Å². The summed E-state index contributed by atoms with van der Waals surface area (Å²) >= 11 is 7.73. The molecule has 6 rings (SSSR count). The standard InChI is InChI=1S/C35H30ClN3O4S/c1-19-16-26-32(30(20-6-10-24(36)11-7-20)29(19)31(34(41)42)43-35(2,3)4)44-33(38-26)23-14-15-37-25(18-23)21-8-12-27-22(17-21)9-13-28(40)39(27)5/h6-18,31H,1-5H3,(H,41,42). The molecule has 0 aliphatic rings. The number of hydrogen-bond acceptors (Lipinski definition) is 6. The first-order chi connectivity index (χ1) is 20.9. The molecule has 1 atom stereocenters. The second-order valence-corrected chi connectivity index (χ2v) is 13.2. The molecule has 7 nitrogen and oxygen atoms in total. The van der Waals surface area contributed by atoms with Crippen molar-refractivity contribution < 1.29 is 14.6 Å². The second-order valence-electron chi connectivity index (χ2n) is 11.7. The summed E-state index contributed by atoms with van der Waals surface area (Å²) in [5, 5.41) is 12.6. The number of carboxylic acid groups (broad SMARTS) is 1. The number of halogens is 1. The molecule has 0 amide bonds. The number of rotatable bonds is 6. The van der Waals surface area contributed by atoms with Crippen LogP contribution in [0.15, 0.2) is 83.8 Å². The topological polar surface area (TPSA) is 94.3 Å². The summed E-state index contributed by atoms with van der Waals surface area (Å²) in [6.07, 6.45) is 0.575. The Morgan fingerprint density at radius 1 is 0.977 bits per heavy atom. The van der Waals surface area contributed by atoms with Gasteiger partial charge in [-0.1, -0.05) is 29.8 Å². The molecule has 3 aromatic carbocycles. The lowest BCUT2D eigenvalue weighted by molar-refractivity contribution is -0.160. The van der Waals surface area contributed by atoms with Crippen LogP contribution in [0.3, 0.4) is 0 Å². The number of carbonyl (C=O) groups is 1. The van der Waals surface area contributed by atoms with Gasteiger partial charge in [-0.15, -0.1) is 11.3 Å². The van der Waals surface area contributed by atoms with Gasteiger partial charge in [0.05, 0.1) is 27.0 Å². The highest BCUT2D eigenvalue weighted by atomic mass is 35.5. The molecule has 0 spiro atoms. The fraction of sp³-hybridized carbons (Fsp3) is 0.200. The first kappa shape index (κ1) is 29.7. The van der Waals surface area contributed by atoms with Gasteiger partial charge in [0.15, 0.2) is 6.10 Å². The van der Waals surface area contributed by atoms with Gasteiger partial charge < -0.3 is 14.4 Å². The summed E-state index contributed by atoms with van der Waals surface area (Å²) in [6, 6.07) is 22.5. The third kappa shape index (κ3) is 5.64. The Morgan fingerprint density at radius 2 is 1.70 bits per heavy atom. The molecule has 222 valence electrons. The first-order valence-electron chi connectivity index (χ1n) is 14.1. The molecule has 0 radical (unpaired) electrons. The van der Waals surface area contributed by atoms with Gasteiger partial charge >= 0.3 is 5.97 Å². The highest BCUT2D eigenvalue weighted by Gasteiger charge is 2.32. The molecule has 3 heterocycles. The van der Waals surface area contributed by atoms with Gasteiger partial charge in [0.2, 0.25) is 0 Å². The van der Waals surface area contributed by atoms with Gasteiger partial charge in [-0.2, -0.15) is 0 Å². The third-order valence-corrected chi connectivity index (χ3v) is 8.84. The summed E-state index contributed by atoms with van der Waals surface area (Å²) < 4.78 is 8.62. The van der Waals surface area contributed by atoms with Crippen LogP contribution in [0.2, 0.25) is 5.02 Å². The zero-order chi connectivity index (χ0) is 31.3. The molecule has 9 heteroatoms. The monoisotopic (exact) mass is 623 g/mol. The summed E-state index contributed by atoms with van der Waals surface area (Å²) in [6.45, 7) is 7.44. The lowest BCUT2D eigenvalue weighted by atomic mass is 9.91. The quantitative estimate of drug-likeness (QED) is 0.200. The molecule has 0 bridgehead atoms. The van der Waals surface area contributed by atoms with Crippen LogP contribution in [0, 0.1) is 6.92 Å². The highest BCUT2D eigenvalue weighted by Crippen LogP contribution is 2.44. The fourth-order valence-electron chi connectivity index (χ4n) is 5.43. The van der Waals surface area contributed by atoms with E-state index in [1.165, 1.54) is 11.3 Å². The van der Waals surface area contributed by atoms with Crippen LogP contribution in [0.25, 0.3) is 54.1 Å². The van der Waals surface area contributed by atoms with E-state index in [9.17, 15) is 14.7 Å². The smallest absolute Gasteiger partial charge is 0.337 e. The van der Waals surface area contributed by atoms with E-state index in [1.807, 2.05) is 82.3 Å². The lowest BCUT2D eigenvalue weighted by Gasteiger charge is -2.28. The number of benzene rings is 3. The van der Waals surface area contributed by atoms with Crippen LogP contribution in [-0.2, 0) is 16.6 Å². The number of pyridine rings is 2. The summed E-state index contributed by atoms with van der Waals surface area (Å²) in [5.74, 6) is -1.06. The van der Waals surface area contributed by atoms with Crippen LogP contribution in [0.4, 0.5) is 0 Å². The van der Waals surface area contributed by atoms with E-state index >= 15 is 0 Å². The minimum Gasteiger partial charge on any atom is -0.479 e. The SMILES string of the molecule is Cc1cc2nc(-c3ccnc(-c4ccc5c(ccc(=O)n5C)c4)c3)sc2c(-c2ccc(Cl)cc2)c1C(OC(C)(C)C)C(=O)O. The van der Waals surface area contributed by atoms with Crippen molar-refractivity contribution in [1.82, 2.24) is 14.5 Å². The predicted octanol–water partition coefficient (Wildman–Crippen LogP) is 8.45. The second kappa shape index (κ2) is 11.3. The number of nitrogens with zero attached hydrogens (tertiary/aromatic N) is 3. The van der Waals surface area contributed by atoms with Gasteiger partial charge in [0.25, 0.3) is 5.56 Å². The highest BCUT2D eigenvalue weighted by molar-refractivity contribution is 7.22. The van der Waals surface area contributed by atoms with Gasteiger partial charge in [-0.05, 0) is 92.7 Å². The van der Waals surface area contributed by atoms with Gasteiger partial charge in [0.1, 0.15) is 5.01 Å². The zero-order valence-corrected chi connectivity index (χ0v) is 26.5. The van der Waals surface area contributed by atoms with E-state index in [0.29, 0.717) is 10.6 Å². The minimum atomic E-state index is -1.18. The number of aliphatic carboxylic acids is 1. The lowest BCUT2D eigenvalue weighted by Crippen LogP contribution is -2.28. The number of ether oxygens (including phenoxy) is 1. The number of carboxylic acids is 1. The van der Waals surface area contributed by atoms with Crippen LogP contribution in [0.1, 0.15) is 38.0 Å². The van der Waals surface area contributed by atoms with Crippen LogP contribution in [-0.4, -0.2) is 31.2 Å². The number of aromatic nitrogens is 3.